The predicted molar refractivity (Wildman–Crippen MR) is 53.7 cm³/mol. The third-order valence-electron chi connectivity index (χ3n) is 1.74. The first-order valence-corrected chi connectivity index (χ1v) is 4.83. The van der Waals surface area contributed by atoms with E-state index in [9.17, 15) is 0 Å². The highest BCUT2D eigenvalue weighted by Gasteiger charge is 2.17. The molecule has 0 fully saturated rings. The van der Waals surface area contributed by atoms with E-state index >= 15 is 0 Å². The Kier molecular flexibility index (Phi) is 2.93. The topological polar surface area (TPSA) is 29.9 Å². The first kappa shape index (κ1) is 10.1. The fraction of sp³-hybridized carbons (Fsp3) is 0.333. The molecular formula is C9H13N2OS+. The highest BCUT2D eigenvalue weighted by molar-refractivity contribution is 7.98. The second kappa shape index (κ2) is 3.79. The lowest BCUT2D eigenvalue weighted by Gasteiger charge is -1.81. The van der Waals surface area contributed by atoms with E-state index in [1.807, 2.05) is 30.0 Å². The summed E-state index contributed by atoms with van der Waals surface area (Å²) >= 11 is 1.58. The minimum atomic E-state index is 0. The number of fused-ring (bicyclic) bond motifs is 1. The van der Waals surface area contributed by atoms with Crippen molar-refractivity contribution in [2.45, 2.75) is 12.6 Å². The number of thioether (sulfide) groups is 1. The van der Waals surface area contributed by atoms with E-state index in [1.165, 1.54) is 0 Å². The smallest absolute Gasteiger partial charge is 0.373 e. The summed E-state index contributed by atoms with van der Waals surface area (Å²) in [7, 11) is 1.97. The van der Waals surface area contributed by atoms with Gasteiger partial charge in [0.05, 0.1) is 0 Å². The molecule has 0 saturated carbocycles. The van der Waals surface area contributed by atoms with Crippen LogP contribution >= 0.6 is 11.8 Å². The zero-order valence-electron chi connectivity index (χ0n) is 6.94. The van der Waals surface area contributed by atoms with E-state index in [-0.39, 0.29) is 7.43 Å². The monoisotopic (exact) mass is 197 g/mol. The van der Waals surface area contributed by atoms with Crippen LogP contribution in [0.5, 0.6) is 0 Å². The summed E-state index contributed by atoms with van der Waals surface area (Å²) in [5.41, 5.74) is 1.73. The van der Waals surface area contributed by atoms with Crippen molar-refractivity contribution in [1.82, 2.24) is 4.98 Å². The molecule has 0 spiro atoms. The van der Waals surface area contributed by atoms with Crippen molar-refractivity contribution in [3.8, 4) is 0 Å². The van der Waals surface area contributed by atoms with E-state index in [2.05, 4.69) is 4.98 Å². The molecule has 0 radical (unpaired) electrons. The first-order valence-electron chi connectivity index (χ1n) is 3.60. The van der Waals surface area contributed by atoms with Crippen molar-refractivity contribution < 1.29 is 8.98 Å². The SMILES string of the molecule is C.CSc1oc2ncccc2[n+]1C. The fourth-order valence-corrected chi connectivity index (χ4v) is 1.68. The standard InChI is InChI=1S/C8H9N2OS.CH4/c1-10-6-4-3-5-9-7(6)11-8(10)12-2;/h3-5H,1-2H3;1H4/q+1;. The van der Waals surface area contributed by atoms with Crippen LogP contribution < -0.4 is 4.57 Å². The van der Waals surface area contributed by atoms with Crippen LogP contribution in [0.15, 0.2) is 28.0 Å². The van der Waals surface area contributed by atoms with Crippen molar-refractivity contribution in [1.29, 1.82) is 0 Å². The summed E-state index contributed by atoms with van der Waals surface area (Å²) < 4.78 is 7.46. The molecule has 0 N–H and O–H groups in total. The van der Waals surface area contributed by atoms with Gasteiger partial charge in [-0.2, -0.15) is 4.57 Å². The van der Waals surface area contributed by atoms with Crippen molar-refractivity contribution >= 4 is 23.0 Å². The molecule has 0 amide bonds. The molecule has 0 aromatic carbocycles. The van der Waals surface area contributed by atoms with E-state index in [0.29, 0.717) is 5.71 Å². The summed E-state index contributed by atoms with van der Waals surface area (Å²) in [6, 6.07) is 3.90. The van der Waals surface area contributed by atoms with Gasteiger partial charge in [-0.05, 0) is 24.1 Å². The summed E-state index contributed by atoms with van der Waals surface area (Å²) in [6.07, 6.45) is 3.72. The van der Waals surface area contributed by atoms with Crippen LogP contribution in [0.25, 0.3) is 11.2 Å². The molecule has 2 aromatic rings. The molecule has 0 aliphatic heterocycles. The number of aryl methyl sites for hydroxylation is 1. The Morgan fingerprint density at radius 1 is 1.54 bits per heavy atom. The molecule has 0 aliphatic rings. The number of rotatable bonds is 1. The molecule has 0 aliphatic carbocycles. The minimum Gasteiger partial charge on any atom is -0.373 e. The van der Waals surface area contributed by atoms with E-state index in [4.69, 9.17) is 4.42 Å². The van der Waals surface area contributed by atoms with Gasteiger partial charge in [0.2, 0.25) is 0 Å². The highest BCUT2D eigenvalue weighted by atomic mass is 32.2. The number of oxazole rings is 1. The van der Waals surface area contributed by atoms with Gasteiger partial charge in [0.1, 0.15) is 7.05 Å². The van der Waals surface area contributed by atoms with Gasteiger partial charge in [0, 0.05) is 12.3 Å². The Morgan fingerprint density at radius 2 is 2.31 bits per heavy atom. The van der Waals surface area contributed by atoms with E-state index < -0.39 is 0 Å². The first-order chi connectivity index (χ1) is 5.83. The van der Waals surface area contributed by atoms with Gasteiger partial charge >= 0.3 is 5.22 Å². The number of hydrogen-bond donors (Lipinski definition) is 0. The lowest BCUT2D eigenvalue weighted by atomic mass is 10.4. The molecule has 2 heterocycles. The zero-order chi connectivity index (χ0) is 8.55. The maximum atomic E-state index is 5.46. The van der Waals surface area contributed by atoms with Crippen LogP contribution in [0.1, 0.15) is 7.43 Å². The number of aromatic nitrogens is 2. The molecule has 0 saturated heterocycles. The Labute approximate surface area is 81.8 Å². The van der Waals surface area contributed by atoms with Crippen LogP contribution in [0.2, 0.25) is 0 Å². The Bertz CT molecular complexity index is 411. The molecule has 3 nitrogen and oxygen atoms in total. The van der Waals surface area contributed by atoms with Crippen molar-refractivity contribution in [3.63, 3.8) is 0 Å². The zero-order valence-corrected chi connectivity index (χ0v) is 7.76. The molecule has 0 atom stereocenters. The normalized spacial score (nSPS) is 10.0. The van der Waals surface area contributed by atoms with Gasteiger partial charge in [0.15, 0.2) is 0 Å². The van der Waals surface area contributed by atoms with Crippen LogP contribution in [0.3, 0.4) is 0 Å². The number of nitrogens with zero attached hydrogens (tertiary/aromatic N) is 2. The second-order valence-electron chi connectivity index (χ2n) is 2.46. The largest absolute Gasteiger partial charge is 0.413 e. The van der Waals surface area contributed by atoms with Crippen molar-refractivity contribution in [3.05, 3.63) is 18.3 Å². The second-order valence-corrected chi connectivity index (χ2v) is 3.22. The van der Waals surface area contributed by atoms with Crippen LogP contribution in [-0.4, -0.2) is 11.2 Å². The minimum absolute atomic E-state index is 0. The van der Waals surface area contributed by atoms with Crippen LogP contribution in [-0.2, 0) is 7.05 Å². The summed E-state index contributed by atoms with van der Waals surface area (Å²) in [6.45, 7) is 0. The quantitative estimate of drug-likeness (QED) is 0.517. The Hall–Kier alpha value is -1.03. The lowest BCUT2D eigenvalue weighted by molar-refractivity contribution is -0.692. The van der Waals surface area contributed by atoms with Crippen molar-refractivity contribution in [2.24, 2.45) is 7.05 Å². The number of pyridine rings is 1. The van der Waals surface area contributed by atoms with Gasteiger partial charge in [-0.25, -0.2) is 4.98 Å². The third kappa shape index (κ3) is 1.54. The molecule has 0 unspecified atom stereocenters. The van der Waals surface area contributed by atoms with Gasteiger partial charge < -0.3 is 4.42 Å². The Balaban J connectivity index is 0.000000845. The van der Waals surface area contributed by atoms with Gasteiger partial charge in [-0.15, -0.1) is 0 Å². The fourth-order valence-electron chi connectivity index (χ4n) is 1.14. The molecule has 2 aromatic heterocycles. The Morgan fingerprint density at radius 3 is 2.92 bits per heavy atom. The average Bonchev–Trinajstić information content (AvgIpc) is 2.44. The molecule has 4 heteroatoms. The van der Waals surface area contributed by atoms with Crippen LogP contribution in [0.4, 0.5) is 0 Å². The molecular weight excluding hydrogens is 184 g/mol. The van der Waals surface area contributed by atoms with E-state index in [1.54, 1.807) is 18.0 Å². The van der Waals surface area contributed by atoms with E-state index in [0.717, 1.165) is 10.7 Å². The summed E-state index contributed by atoms with van der Waals surface area (Å²) in [5.74, 6) is 0. The molecule has 70 valence electrons. The maximum absolute atomic E-state index is 5.46. The summed E-state index contributed by atoms with van der Waals surface area (Å²) in [5, 5.41) is 0.878. The van der Waals surface area contributed by atoms with Crippen LogP contribution in [0, 0.1) is 0 Å². The lowest BCUT2D eigenvalue weighted by Crippen LogP contribution is -2.28. The molecule has 2 rings (SSSR count). The van der Waals surface area contributed by atoms with Crippen molar-refractivity contribution in [2.75, 3.05) is 6.26 Å². The molecule has 0 bridgehead atoms. The third-order valence-corrected chi connectivity index (χ3v) is 2.45. The van der Waals surface area contributed by atoms with Gasteiger partial charge in [0.25, 0.3) is 11.2 Å². The highest BCUT2D eigenvalue weighted by Crippen LogP contribution is 2.16. The molecule has 13 heavy (non-hydrogen) atoms. The predicted octanol–water partition coefficient (Wildman–Crippen LogP) is 2.01. The van der Waals surface area contributed by atoms with Gasteiger partial charge in [-0.1, -0.05) is 7.43 Å². The average molecular weight is 197 g/mol. The summed E-state index contributed by atoms with van der Waals surface area (Å²) in [4.78, 5) is 4.11. The maximum Gasteiger partial charge on any atom is 0.413 e. The number of hydrogen-bond acceptors (Lipinski definition) is 3. The van der Waals surface area contributed by atoms with Gasteiger partial charge in [-0.3, -0.25) is 0 Å².